The van der Waals surface area contributed by atoms with Crippen LogP contribution in [0.2, 0.25) is 0 Å². The zero-order chi connectivity index (χ0) is 30.4. The Morgan fingerprint density at radius 3 is 2.19 bits per heavy atom. The average molecular weight is 590 g/mol. The fraction of sp³-hybridized carbons (Fsp3) is 0.382. The normalized spacial score (nSPS) is 16.7. The first-order valence-corrected chi connectivity index (χ1v) is 15.4. The van der Waals surface area contributed by atoms with Gasteiger partial charge in [0, 0.05) is 29.5 Å². The SMILES string of the molecule is CCOC(=O)C(C)(C)Oc1c(C)cc(C[C@H]2CN(C(=O)Oc3ccccc3)C[C@@H]2C(=O)c2ccc(SC)cc2)cc1C. The molecule has 1 heterocycles. The number of likely N-dealkylation sites (tertiary alicyclic amines) is 1. The number of esters is 1. The summed E-state index contributed by atoms with van der Waals surface area (Å²) >= 11 is 1.62. The monoisotopic (exact) mass is 589 g/mol. The topological polar surface area (TPSA) is 82.1 Å². The van der Waals surface area contributed by atoms with E-state index in [1.165, 1.54) is 0 Å². The van der Waals surface area contributed by atoms with Gasteiger partial charge in [-0.3, -0.25) is 4.79 Å². The Morgan fingerprint density at radius 2 is 1.60 bits per heavy atom. The summed E-state index contributed by atoms with van der Waals surface area (Å²) in [7, 11) is 0. The van der Waals surface area contributed by atoms with Crippen LogP contribution in [-0.2, 0) is 16.0 Å². The fourth-order valence-electron chi connectivity index (χ4n) is 5.37. The van der Waals surface area contributed by atoms with Crippen molar-refractivity contribution in [2.24, 2.45) is 11.8 Å². The molecule has 4 rings (SSSR count). The predicted octanol–water partition coefficient (Wildman–Crippen LogP) is 6.92. The summed E-state index contributed by atoms with van der Waals surface area (Å²) in [6.45, 7) is 10.0. The van der Waals surface area contributed by atoms with E-state index >= 15 is 0 Å². The van der Waals surface area contributed by atoms with E-state index in [1.54, 1.807) is 49.6 Å². The summed E-state index contributed by atoms with van der Waals surface area (Å²) < 4.78 is 16.9. The van der Waals surface area contributed by atoms with Crippen molar-refractivity contribution in [3.63, 3.8) is 0 Å². The van der Waals surface area contributed by atoms with Gasteiger partial charge in [-0.2, -0.15) is 0 Å². The number of hydrogen-bond acceptors (Lipinski definition) is 7. The molecule has 0 aliphatic carbocycles. The summed E-state index contributed by atoms with van der Waals surface area (Å²) in [4.78, 5) is 42.0. The maximum Gasteiger partial charge on any atom is 0.415 e. The summed E-state index contributed by atoms with van der Waals surface area (Å²) in [5, 5.41) is 0. The fourth-order valence-corrected chi connectivity index (χ4v) is 5.78. The van der Waals surface area contributed by atoms with Crippen LogP contribution in [0.5, 0.6) is 11.5 Å². The first-order valence-electron chi connectivity index (χ1n) is 14.2. The Morgan fingerprint density at radius 1 is 0.952 bits per heavy atom. The Hall–Kier alpha value is -3.78. The van der Waals surface area contributed by atoms with Crippen LogP contribution in [-0.4, -0.2) is 54.3 Å². The number of Topliss-reactive ketones (excluding diaryl/α,β-unsaturated/α-hetero) is 1. The van der Waals surface area contributed by atoms with Crippen LogP contribution in [0.1, 0.15) is 47.8 Å². The van der Waals surface area contributed by atoms with E-state index in [1.807, 2.05) is 74.7 Å². The molecule has 0 aromatic heterocycles. The van der Waals surface area contributed by atoms with Gasteiger partial charge in [-0.15, -0.1) is 11.8 Å². The Balaban J connectivity index is 1.57. The zero-order valence-corrected chi connectivity index (χ0v) is 26.0. The molecule has 1 saturated heterocycles. The quantitative estimate of drug-likeness (QED) is 0.144. The molecule has 8 heteroatoms. The Bertz CT molecular complexity index is 1400. The minimum atomic E-state index is -1.14. The lowest BCUT2D eigenvalue weighted by molar-refractivity contribution is -0.158. The molecule has 0 N–H and O–H groups in total. The van der Waals surface area contributed by atoms with E-state index in [0.29, 0.717) is 30.0 Å². The number of ether oxygens (including phenoxy) is 3. The van der Waals surface area contributed by atoms with Crippen LogP contribution in [0.15, 0.2) is 71.6 Å². The highest BCUT2D eigenvalue weighted by Crippen LogP contribution is 2.34. The van der Waals surface area contributed by atoms with Crippen LogP contribution in [0, 0.1) is 25.7 Å². The highest BCUT2D eigenvalue weighted by atomic mass is 32.2. The maximum absolute atomic E-state index is 13.8. The number of hydrogen-bond donors (Lipinski definition) is 0. The first-order chi connectivity index (χ1) is 20.0. The number of aryl methyl sites for hydroxylation is 2. The molecule has 0 bridgehead atoms. The molecule has 0 spiro atoms. The number of carbonyl (C=O) groups excluding carboxylic acids is 3. The molecule has 1 fully saturated rings. The largest absolute Gasteiger partial charge is 0.476 e. The third-order valence-electron chi connectivity index (χ3n) is 7.50. The number of para-hydroxylation sites is 1. The van der Waals surface area contributed by atoms with Crippen LogP contribution < -0.4 is 9.47 Å². The van der Waals surface area contributed by atoms with Crippen molar-refractivity contribution in [3.8, 4) is 11.5 Å². The van der Waals surface area contributed by atoms with E-state index in [2.05, 4.69) is 0 Å². The third kappa shape index (κ3) is 7.34. The highest BCUT2D eigenvalue weighted by Gasteiger charge is 2.41. The lowest BCUT2D eigenvalue weighted by Gasteiger charge is -2.27. The molecule has 1 aliphatic rings. The molecular formula is C34H39NO6S. The van der Waals surface area contributed by atoms with Gasteiger partial charge in [0.1, 0.15) is 11.5 Å². The number of thioether (sulfide) groups is 1. The zero-order valence-electron chi connectivity index (χ0n) is 25.1. The number of nitrogens with zero attached hydrogens (tertiary/aromatic N) is 1. The lowest BCUT2D eigenvalue weighted by Crippen LogP contribution is -2.40. The van der Waals surface area contributed by atoms with Gasteiger partial charge in [0.2, 0.25) is 0 Å². The van der Waals surface area contributed by atoms with Gasteiger partial charge in [-0.1, -0.05) is 42.5 Å². The van der Waals surface area contributed by atoms with Crippen LogP contribution >= 0.6 is 11.8 Å². The van der Waals surface area contributed by atoms with E-state index < -0.39 is 17.7 Å². The molecule has 42 heavy (non-hydrogen) atoms. The molecule has 0 saturated carbocycles. The van der Waals surface area contributed by atoms with Crippen LogP contribution in [0.25, 0.3) is 0 Å². The second kappa shape index (κ2) is 13.5. The highest BCUT2D eigenvalue weighted by molar-refractivity contribution is 7.98. The molecule has 3 aromatic carbocycles. The van der Waals surface area contributed by atoms with Gasteiger partial charge >= 0.3 is 12.1 Å². The first kappa shape index (κ1) is 31.2. The number of ketones is 1. The van der Waals surface area contributed by atoms with Crippen molar-refractivity contribution in [1.82, 2.24) is 4.90 Å². The van der Waals surface area contributed by atoms with Gasteiger partial charge in [-0.05, 0) is 94.2 Å². The van der Waals surface area contributed by atoms with Crippen molar-refractivity contribution in [3.05, 3.63) is 89.0 Å². The van der Waals surface area contributed by atoms with Gasteiger partial charge in [-0.25, -0.2) is 9.59 Å². The molecule has 222 valence electrons. The summed E-state index contributed by atoms with van der Waals surface area (Å²) in [6.07, 6.45) is 2.13. The van der Waals surface area contributed by atoms with E-state index in [9.17, 15) is 14.4 Å². The van der Waals surface area contributed by atoms with Crippen molar-refractivity contribution >= 4 is 29.6 Å². The third-order valence-corrected chi connectivity index (χ3v) is 8.24. The number of carbonyl (C=O) groups is 3. The average Bonchev–Trinajstić information content (AvgIpc) is 3.39. The number of benzene rings is 3. The molecule has 1 amide bonds. The second-order valence-electron chi connectivity index (χ2n) is 11.1. The number of rotatable bonds is 10. The smallest absolute Gasteiger partial charge is 0.415 e. The molecule has 3 aromatic rings. The maximum atomic E-state index is 13.8. The standard InChI is InChI=1S/C34H39NO6S/c1-7-39-32(37)34(4,5)41-31-22(2)17-24(18-23(31)3)19-26-20-35(33(38)40-27-11-9-8-10-12-27)21-29(26)30(36)25-13-15-28(42-6)16-14-25/h8-18,26,29H,7,19-21H2,1-6H3/t26-,29-/m0/s1. The molecule has 0 radical (unpaired) electrons. The predicted molar refractivity (Wildman–Crippen MR) is 165 cm³/mol. The van der Waals surface area contributed by atoms with Crippen LogP contribution in [0.4, 0.5) is 4.79 Å². The lowest BCUT2D eigenvalue weighted by atomic mass is 9.84. The summed E-state index contributed by atoms with van der Waals surface area (Å²) in [6, 6.07) is 20.6. The molecule has 2 atom stereocenters. The summed E-state index contributed by atoms with van der Waals surface area (Å²) in [5.74, 6) is 0.211. The van der Waals surface area contributed by atoms with Gasteiger partial charge < -0.3 is 19.1 Å². The van der Waals surface area contributed by atoms with E-state index in [4.69, 9.17) is 14.2 Å². The molecule has 7 nitrogen and oxygen atoms in total. The van der Waals surface area contributed by atoms with E-state index in [-0.39, 0.29) is 30.8 Å². The minimum absolute atomic E-state index is 0.0206. The van der Waals surface area contributed by atoms with Gasteiger partial charge in [0.25, 0.3) is 0 Å². The van der Waals surface area contributed by atoms with E-state index in [0.717, 1.165) is 21.6 Å². The van der Waals surface area contributed by atoms with Crippen molar-refractivity contribution in [2.75, 3.05) is 26.0 Å². The molecule has 1 aliphatic heterocycles. The van der Waals surface area contributed by atoms with Crippen molar-refractivity contribution < 1.29 is 28.6 Å². The Kier molecular flexibility index (Phi) is 9.99. The molecule has 0 unspecified atom stereocenters. The van der Waals surface area contributed by atoms with Crippen molar-refractivity contribution in [2.45, 2.75) is 51.5 Å². The second-order valence-corrected chi connectivity index (χ2v) is 12.0. The van der Waals surface area contributed by atoms with Crippen LogP contribution in [0.3, 0.4) is 0 Å². The number of amides is 1. The minimum Gasteiger partial charge on any atom is -0.476 e. The van der Waals surface area contributed by atoms with Gasteiger partial charge in [0.05, 0.1) is 6.61 Å². The Labute approximate surface area is 252 Å². The summed E-state index contributed by atoms with van der Waals surface area (Å²) in [5.41, 5.74) is 2.30. The van der Waals surface area contributed by atoms with Crippen molar-refractivity contribution in [1.29, 1.82) is 0 Å². The molecular weight excluding hydrogens is 550 g/mol. The van der Waals surface area contributed by atoms with Gasteiger partial charge in [0.15, 0.2) is 11.4 Å².